The third-order valence-electron chi connectivity index (χ3n) is 28.2. The summed E-state index contributed by atoms with van der Waals surface area (Å²) < 4.78 is 26.9. The molecule has 0 fully saturated rings. The van der Waals surface area contributed by atoms with E-state index in [1.807, 2.05) is 78.9 Å². The minimum absolute atomic E-state index is 0.492. The molecule has 0 spiro atoms. The molecule has 10 aromatic heterocycles. The Balaban J connectivity index is 0.000000136. The monoisotopic (exact) mass is 1790 g/mol. The normalized spacial score (nSPS) is 12.0. The Bertz CT molecular complexity index is 9950. The fraction of sp³-hybridized carbons (Fsp3) is 0. The van der Waals surface area contributed by atoms with Crippen LogP contribution in [-0.2, 0) is 0 Å². The van der Waals surface area contributed by atoms with Gasteiger partial charge < -0.3 is 22.5 Å². The van der Waals surface area contributed by atoms with Crippen molar-refractivity contribution in [2.45, 2.75) is 0 Å². The Morgan fingerprint density at radius 2 is 0.407 bits per heavy atom. The lowest BCUT2D eigenvalue weighted by molar-refractivity contribution is 0.669. The van der Waals surface area contributed by atoms with Crippen molar-refractivity contribution in [1.82, 2.24) is 57.3 Å². The first-order chi connectivity index (χ1) is 69.5. The quantitative estimate of drug-likeness (QED) is 0.118. The van der Waals surface area contributed by atoms with E-state index in [9.17, 15) is 0 Å². The lowest BCUT2D eigenvalue weighted by atomic mass is 9.98. The molecule has 0 saturated carbocycles. The van der Waals surface area contributed by atoms with Crippen LogP contribution in [0.1, 0.15) is 0 Å². The first-order valence-electron chi connectivity index (χ1n) is 47.2. The van der Waals surface area contributed by atoms with Gasteiger partial charge in [0.15, 0.2) is 17.5 Å². The molecular weight excluding hydrogens is 1710 g/mol. The van der Waals surface area contributed by atoms with Gasteiger partial charge in [-0.3, -0.25) is 13.7 Å². The predicted octanol–water partition coefficient (Wildman–Crippen LogP) is 32.1. The van der Waals surface area contributed by atoms with Crippen LogP contribution >= 0.6 is 0 Å². The second-order valence-electron chi connectivity index (χ2n) is 35.9. The minimum Gasteiger partial charge on any atom is -0.455 e. The Hall–Kier alpha value is -19.2. The highest BCUT2D eigenvalue weighted by molar-refractivity contribution is 6.22. The first-order valence-corrected chi connectivity index (χ1v) is 47.2. The maximum atomic E-state index is 6.59. The molecule has 0 saturated heterocycles. The van der Waals surface area contributed by atoms with Crippen molar-refractivity contribution in [2.75, 3.05) is 0 Å². The molecule has 652 valence electrons. The summed E-state index contributed by atoms with van der Waals surface area (Å²) in [5, 5.41) is 18.1. The number of nitrogens with zero attached hydrogens (tertiary/aromatic N) is 12. The second kappa shape index (κ2) is 31.2. The summed E-state index contributed by atoms with van der Waals surface area (Å²) in [6.07, 6.45) is 0. The topological polar surface area (TPSA) is 133 Å². The number of hydrogen-bond donors (Lipinski definition) is 0. The minimum atomic E-state index is 0.492. The van der Waals surface area contributed by atoms with Crippen molar-refractivity contribution < 1.29 is 8.83 Å². The zero-order valence-electron chi connectivity index (χ0n) is 75.1. The molecule has 0 aliphatic rings. The molecule has 14 heteroatoms. The number of para-hydroxylation sites is 13. The molecule has 20 aromatic carbocycles. The molecule has 0 aliphatic heterocycles. The van der Waals surface area contributed by atoms with Crippen molar-refractivity contribution in [3.05, 3.63) is 461 Å². The number of furan rings is 2. The average Bonchev–Trinajstić information content (AvgIpc) is 1.57. The zero-order valence-corrected chi connectivity index (χ0v) is 75.1. The smallest absolute Gasteiger partial charge is 0.240 e. The molecule has 0 unspecified atom stereocenters. The SMILES string of the molecule is c1ccc(-c2nc(-n3c4ccccc4c4cc(-c5cccc6c5c5ccccc5n6-c5ccccc5)ccc43)nc(-n3c4ccccc4c4cc(-c5cccc6c5c5ccccc5n6-c5ccccc5)ccc43)n2)cc1.c1ccc(-n2c3ccccc3c3cc(-c4cccc5c4c4ccccc4n5-c4nc(-c5cccc6c5oc5ccccc56)nc(-c5cccc6c5oc5ccccc56)n4)ccc32)cc1. The van der Waals surface area contributed by atoms with E-state index in [0.717, 1.165) is 171 Å². The van der Waals surface area contributed by atoms with Crippen molar-refractivity contribution in [2.24, 2.45) is 0 Å². The van der Waals surface area contributed by atoms with E-state index >= 15 is 0 Å². The summed E-state index contributed by atoms with van der Waals surface area (Å²) in [4.78, 5) is 32.2. The lowest BCUT2D eigenvalue weighted by Gasteiger charge is -2.13. The van der Waals surface area contributed by atoms with E-state index in [1.54, 1.807) is 0 Å². The van der Waals surface area contributed by atoms with Gasteiger partial charge in [-0.2, -0.15) is 24.9 Å². The molecule has 30 aromatic rings. The molecule has 0 atom stereocenters. The highest BCUT2D eigenvalue weighted by Crippen LogP contribution is 2.49. The molecule has 10 heterocycles. The molecular formula is C126H76N12O2. The summed E-state index contributed by atoms with van der Waals surface area (Å²) in [5.41, 5.74) is 28.9. The van der Waals surface area contributed by atoms with Crippen LogP contribution in [0.2, 0.25) is 0 Å². The van der Waals surface area contributed by atoms with Gasteiger partial charge in [0.05, 0.1) is 77.3 Å². The first kappa shape index (κ1) is 78.3. The van der Waals surface area contributed by atoms with Crippen molar-refractivity contribution in [3.63, 3.8) is 0 Å². The highest BCUT2D eigenvalue weighted by Gasteiger charge is 2.29. The predicted molar refractivity (Wildman–Crippen MR) is 573 cm³/mol. The largest absolute Gasteiger partial charge is 0.455 e. The third-order valence-corrected chi connectivity index (χ3v) is 28.2. The standard InChI is InChI=1S/C69H43N7.C57H33N5O2/c1-4-20-44(21-5-1)67-70-68(75-57-32-14-10-26-51(57)55-42-45(38-40-61(55)75)49-30-18-36-63-65(49)53-28-12-16-34-59(53)73(63)47-22-6-2-7-23-47)72-69(71-67)76-58-33-15-11-27-52(58)56-43-46(39-41-62(56)76)50-31-19-37-64-66(50)54-29-13-17-35-60(54)74(64)48-24-8-3-9-25-48;1-2-15-35(16-3-1)61-46-26-8-4-17-37(46)45-33-34(31-32-48(45)61)36-21-14-28-49-52(36)42-20-5-9-27-47(42)62(49)57-59-55(43-24-12-22-40-38-18-6-10-29-50(38)63-53(40)43)58-56(60-57)44-25-13-23-41-39-19-7-11-30-51(39)64-54(41)44/h1-43H;1-33H. The number of rotatable bonds is 12. The van der Waals surface area contributed by atoms with Crippen molar-refractivity contribution in [3.8, 4) is 102 Å². The summed E-state index contributed by atoms with van der Waals surface area (Å²) in [6, 6.07) is 163. The van der Waals surface area contributed by atoms with Crippen LogP contribution < -0.4 is 0 Å². The van der Waals surface area contributed by atoms with Crippen LogP contribution in [0.5, 0.6) is 0 Å². The highest BCUT2D eigenvalue weighted by atomic mass is 16.3. The third kappa shape index (κ3) is 12.1. The molecule has 0 aliphatic carbocycles. The summed E-state index contributed by atoms with van der Waals surface area (Å²) in [6.45, 7) is 0. The van der Waals surface area contributed by atoms with Crippen LogP contribution in [-0.4, -0.2) is 57.3 Å². The van der Waals surface area contributed by atoms with E-state index in [4.69, 9.17) is 38.7 Å². The zero-order chi connectivity index (χ0) is 91.7. The Morgan fingerprint density at radius 3 is 0.807 bits per heavy atom. The number of fused-ring (bicyclic) bond motifs is 24. The van der Waals surface area contributed by atoms with Crippen LogP contribution in [0.3, 0.4) is 0 Å². The maximum Gasteiger partial charge on any atom is 0.240 e. The van der Waals surface area contributed by atoms with Crippen LogP contribution in [0.25, 0.3) is 277 Å². The van der Waals surface area contributed by atoms with Crippen LogP contribution in [0.15, 0.2) is 470 Å². The number of aromatic nitrogens is 12. The van der Waals surface area contributed by atoms with Crippen molar-refractivity contribution in [1.29, 1.82) is 0 Å². The fourth-order valence-corrected chi connectivity index (χ4v) is 22.2. The average molecular weight is 1790 g/mol. The van der Waals surface area contributed by atoms with E-state index in [-0.39, 0.29) is 0 Å². The summed E-state index contributed by atoms with van der Waals surface area (Å²) in [5.74, 6) is 3.17. The fourth-order valence-electron chi connectivity index (χ4n) is 22.2. The van der Waals surface area contributed by atoms with Crippen molar-refractivity contribution >= 4 is 175 Å². The van der Waals surface area contributed by atoms with Gasteiger partial charge in [0.25, 0.3) is 0 Å². The van der Waals surface area contributed by atoms with Gasteiger partial charge in [-0.05, 0) is 185 Å². The molecule has 0 N–H and O–H groups in total. The molecule has 0 radical (unpaired) electrons. The molecule has 14 nitrogen and oxygen atoms in total. The summed E-state index contributed by atoms with van der Waals surface area (Å²) >= 11 is 0. The van der Waals surface area contributed by atoms with E-state index in [0.29, 0.717) is 35.3 Å². The van der Waals surface area contributed by atoms with Gasteiger partial charge >= 0.3 is 0 Å². The van der Waals surface area contributed by atoms with Gasteiger partial charge in [-0.25, -0.2) is 4.98 Å². The number of hydrogen-bond acceptors (Lipinski definition) is 8. The van der Waals surface area contributed by atoms with Gasteiger partial charge in [0.1, 0.15) is 22.3 Å². The van der Waals surface area contributed by atoms with E-state index in [2.05, 4.69) is 410 Å². The lowest BCUT2D eigenvalue weighted by Crippen LogP contribution is -2.10. The van der Waals surface area contributed by atoms with E-state index < -0.39 is 0 Å². The van der Waals surface area contributed by atoms with Gasteiger partial charge in [-0.15, -0.1) is 0 Å². The Kier molecular flexibility index (Phi) is 17.5. The molecule has 30 rings (SSSR count). The second-order valence-corrected chi connectivity index (χ2v) is 35.9. The molecule has 140 heavy (non-hydrogen) atoms. The summed E-state index contributed by atoms with van der Waals surface area (Å²) in [7, 11) is 0. The molecule has 0 bridgehead atoms. The van der Waals surface area contributed by atoms with Gasteiger partial charge in [0.2, 0.25) is 17.8 Å². The van der Waals surface area contributed by atoms with Gasteiger partial charge in [0, 0.05) is 109 Å². The van der Waals surface area contributed by atoms with Crippen LogP contribution in [0.4, 0.5) is 0 Å². The van der Waals surface area contributed by atoms with Crippen LogP contribution in [0, 0.1) is 0 Å². The Morgan fingerprint density at radius 1 is 0.150 bits per heavy atom. The maximum absolute atomic E-state index is 6.59. The number of benzene rings is 20. The van der Waals surface area contributed by atoms with E-state index in [1.165, 1.54) is 71.0 Å². The molecule has 0 amide bonds. The van der Waals surface area contributed by atoms with Gasteiger partial charge in [-0.1, -0.05) is 309 Å². The Labute approximate surface area is 799 Å².